The molecule has 2 aliphatic heterocycles. The molecule has 134 valence electrons. The summed E-state index contributed by atoms with van der Waals surface area (Å²) in [6.07, 6.45) is 13.1. The lowest BCUT2D eigenvalue weighted by atomic mass is 9.84. The summed E-state index contributed by atoms with van der Waals surface area (Å²) in [4.78, 5) is 17.6. The molecule has 4 heteroatoms. The Kier molecular flexibility index (Phi) is 4.70. The molecule has 0 radical (unpaired) electrons. The highest BCUT2D eigenvalue weighted by molar-refractivity contribution is 5.93. The second-order valence-corrected chi connectivity index (χ2v) is 8.38. The van der Waals surface area contributed by atoms with Crippen LogP contribution in [0.2, 0.25) is 0 Å². The van der Waals surface area contributed by atoms with Gasteiger partial charge in [-0.1, -0.05) is 6.08 Å². The molecule has 4 nitrogen and oxygen atoms in total. The molecular weight excluding hydrogens is 300 g/mol. The molecular formula is C20H32N2O2. The summed E-state index contributed by atoms with van der Waals surface area (Å²) < 4.78 is 5.51. The van der Waals surface area contributed by atoms with Gasteiger partial charge in [-0.25, -0.2) is 0 Å². The lowest BCUT2D eigenvalue weighted by Crippen LogP contribution is -2.56. The van der Waals surface area contributed by atoms with Crippen molar-refractivity contribution < 1.29 is 9.53 Å². The number of carbonyl (C=O) groups is 1. The number of methoxy groups -OCH3 is 1. The van der Waals surface area contributed by atoms with Gasteiger partial charge in [-0.2, -0.15) is 0 Å². The zero-order valence-electron chi connectivity index (χ0n) is 15.1. The van der Waals surface area contributed by atoms with E-state index in [0.29, 0.717) is 17.5 Å². The molecule has 4 rings (SSSR count). The summed E-state index contributed by atoms with van der Waals surface area (Å²) in [5, 5.41) is 0. The number of nitrogens with zero attached hydrogens (tertiary/aromatic N) is 2. The minimum absolute atomic E-state index is 0.322. The third-order valence-corrected chi connectivity index (χ3v) is 6.80. The van der Waals surface area contributed by atoms with E-state index in [0.717, 1.165) is 63.3 Å². The number of amides is 1. The van der Waals surface area contributed by atoms with Crippen LogP contribution >= 0.6 is 0 Å². The molecule has 2 aliphatic carbocycles. The molecule has 2 heterocycles. The maximum absolute atomic E-state index is 12.7. The highest BCUT2D eigenvalue weighted by Crippen LogP contribution is 2.44. The average molecular weight is 332 g/mol. The Morgan fingerprint density at radius 2 is 2.04 bits per heavy atom. The zero-order chi connectivity index (χ0) is 16.6. The first kappa shape index (κ1) is 16.6. The first-order chi connectivity index (χ1) is 11.7. The molecule has 0 unspecified atom stereocenters. The Bertz CT molecular complexity index is 504. The molecule has 0 aromatic rings. The highest BCUT2D eigenvalue weighted by atomic mass is 16.5. The van der Waals surface area contributed by atoms with Crippen molar-refractivity contribution in [1.29, 1.82) is 0 Å². The minimum atomic E-state index is 0.322. The second kappa shape index (κ2) is 6.80. The van der Waals surface area contributed by atoms with E-state index in [1.165, 1.54) is 32.2 Å². The van der Waals surface area contributed by atoms with Crippen LogP contribution in [0.15, 0.2) is 11.6 Å². The van der Waals surface area contributed by atoms with Gasteiger partial charge in [0.15, 0.2) is 0 Å². The van der Waals surface area contributed by atoms with Crippen LogP contribution in [0.5, 0.6) is 0 Å². The van der Waals surface area contributed by atoms with E-state index in [1.807, 2.05) is 7.11 Å². The molecule has 0 bridgehead atoms. The minimum Gasteiger partial charge on any atom is -0.383 e. The smallest absolute Gasteiger partial charge is 0.249 e. The fourth-order valence-corrected chi connectivity index (χ4v) is 5.14. The van der Waals surface area contributed by atoms with Gasteiger partial charge in [0.05, 0.1) is 6.61 Å². The van der Waals surface area contributed by atoms with E-state index in [-0.39, 0.29) is 0 Å². The van der Waals surface area contributed by atoms with Gasteiger partial charge < -0.3 is 9.64 Å². The molecule has 1 amide bonds. The van der Waals surface area contributed by atoms with Crippen LogP contribution < -0.4 is 0 Å². The summed E-state index contributed by atoms with van der Waals surface area (Å²) in [5.74, 6) is 1.24. The molecule has 1 saturated carbocycles. The van der Waals surface area contributed by atoms with E-state index in [4.69, 9.17) is 4.74 Å². The summed E-state index contributed by atoms with van der Waals surface area (Å²) in [6, 6.07) is 0.593. The van der Waals surface area contributed by atoms with E-state index in [2.05, 4.69) is 15.9 Å². The van der Waals surface area contributed by atoms with Gasteiger partial charge in [-0.3, -0.25) is 9.69 Å². The van der Waals surface area contributed by atoms with Crippen molar-refractivity contribution in [3.05, 3.63) is 11.6 Å². The Hall–Kier alpha value is -0.870. The van der Waals surface area contributed by atoms with Crippen molar-refractivity contribution in [2.75, 3.05) is 33.4 Å². The van der Waals surface area contributed by atoms with Crippen molar-refractivity contribution in [2.24, 2.45) is 5.92 Å². The fraction of sp³-hybridized carbons (Fsp3) is 0.850. The lowest BCUT2D eigenvalue weighted by Gasteiger charge is -2.47. The molecule has 0 aromatic carbocycles. The topological polar surface area (TPSA) is 32.8 Å². The van der Waals surface area contributed by atoms with Crippen LogP contribution in [0, 0.1) is 5.92 Å². The number of hydrogen-bond donors (Lipinski definition) is 0. The number of likely N-dealkylation sites (tertiary alicyclic amines) is 2. The molecule has 3 fully saturated rings. The van der Waals surface area contributed by atoms with Gasteiger partial charge in [0.1, 0.15) is 0 Å². The van der Waals surface area contributed by atoms with Gasteiger partial charge >= 0.3 is 0 Å². The van der Waals surface area contributed by atoms with E-state index in [1.54, 1.807) is 0 Å². The van der Waals surface area contributed by atoms with Crippen molar-refractivity contribution in [3.63, 3.8) is 0 Å². The normalized spacial score (nSPS) is 30.1. The van der Waals surface area contributed by atoms with E-state index in [9.17, 15) is 4.79 Å². The van der Waals surface area contributed by atoms with Gasteiger partial charge in [0, 0.05) is 43.9 Å². The van der Waals surface area contributed by atoms with Crippen molar-refractivity contribution in [2.45, 2.75) is 69.4 Å². The quantitative estimate of drug-likeness (QED) is 0.776. The van der Waals surface area contributed by atoms with Gasteiger partial charge in [-0.15, -0.1) is 0 Å². The van der Waals surface area contributed by atoms with Gasteiger partial charge in [0.25, 0.3) is 0 Å². The number of ether oxygens (including phenoxy) is 1. The number of rotatable bonds is 5. The van der Waals surface area contributed by atoms with Gasteiger partial charge in [0.2, 0.25) is 5.91 Å². The molecule has 4 aliphatic rings. The van der Waals surface area contributed by atoms with Crippen molar-refractivity contribution >= 4 is 5.91 Å². The number of carbonyl (C=O) groups excluding carboxylic acids is 1. The maximum Gasteiger partial charge on any atom is 0.249 e. The fourth-order valence-electron chi connectivity index (χ4n) is 5.14. The third-order valence-electron chi connectivity index (χ3n) is 6.80. The monoisotopic (exact) mass is 332 g/mol. The summed E-state index contributed by atoms with van der Waals surface area (Å²) in [5.41, 5.74) is 1.41. The number of hydrogen-bond acceptors (Lipinski definition) is 3. The lowest BCUT2D eigenvalue weighted by molar-refractivity contribution is -0.130. The first-order valence-electron chi connectivity index (χ1n) is 9.96. The molecule has 0 N–H and O–H groups in total. The molecule has 24 heavy (non-hydrogen) atoms. The number of piperidine rings is 1. The average Bonchev–Trinajstić information content (AvgIpc) is 3.14. The van der Waals surface area contributed by atoms with Crippen molar-refractivity contribution in [3.8, 4) is 0 Å². The van der Waals surface area contributed by atoms with Crippen LogP contribution in [-0.4, -0.2) is 60.6 Å². The standard InChI is InChI=1S/C20H32N2O2/c1-24-15-18-8-9-20(22(18)14-16-6-7-16)10-12-21(13-11-20)19(23)17-4-2-3-5-17/h4,16,18H,2-3,5-15H2,1H3/t18-/m1/s1. The summed E-state index contributed by atoms with van der Waals surface area (Å²) in [7, 11) is 1.83. The largest absolute Gasteiger partial charge is 0.383 e. The molecule has 1 spiro atoms. The van der Waals surface area contributed by atoms with E-state index >= 15 is 0 Å². The first-order valence-corrected chi connectivity index (χ1v) is 9.96. The Labute approximate surface area is 146 Å². The predicted octanol–water partition coefficient (Wildman–Crippen LogP) is 2.98. The Morgan fingerprint density at radius 3 is 2.67 bits per heavy atom. The van der Waals surface area contributed by atoms with Crippen LogP contribution in [0.25, 0.3) is 0 Å². The van der Waals surface area contributed by atoms with Crippen LogP contribution in [-0.2, 0) is 9.53 Å². The van der Waals surface area contributed by atoms with Crippen LogP contribution in [0.3, 0.4) is 0 Å². The van der Waals surface area contributed by atoms with Gasteiger partial charge in [-0.05, 0) is 63.7 Å². The van der Waals surface area contributed by atoms with Crippen LogP contribution in [0.1, 0.15) is 57.8 Å². The van der Waals surface area contributed by atoms with Crippen LogP contribution in [0.4, 0.5) is 0 Å². The molecule has 2 saturated heterocycles. The summed E-state index contributed by atoms with van der Waals surface area (Å²) >= 11 is 0. The maximum atomic E-state index is 12.7. The predicted molar refractivity (Wildman–Crippen MR) is 94.8 cm³/mol. The molecule has 1 atom stereocenters. The zero-order valence-corrected chi connectivity index (χ0v) is 15.1. The Balaban J connectivity index is 1.41. The molecule has 0 aromatic heterocycles. The third kappa shape index (κ3) is 3.15. The van der Waals surface area contributed by atoms with Crippen molar-refractivity contribution in [1.82, 2.24) is 9.80 Å². The number of allylic oxidation sites excluding steroid dienone is 1. The van der Waals surface area contributed by atoms with E-state index < -0.39 is 0 Å². The SMILES string of the molecule is COC[C@H]1CCC2(CCN(C(=O)C3=CCCC3)CC2)N1CC1CC1. The summed E-state index contributed by atoms with van der Waals surface area (Å²) in [6.45, 7) is 4.01. The highest BCUT2D eigenvalue weighted by Gasteiger charge is 2.49. The Morgan fingerprint density at radius 1 is 1.25 bits per heavy atom. The second-order valence-electron chi connectivity index (χ2n) is 8.38.